The van der Waals surface area contributed by atoms with Crippen molar-refractivity contribution in [3.05, 3.63) is 51.6 Å². The van der Waals surface area contributed by atoms with E-state index >= 15 is 0 Å². The molecule has 2 aromatic heterocycles. The summed E-state index contributed by atoms with van der Waals surface area (Å²) in [6.07, 6.45) is 0. The minimum atomic E-state index is -3.60. The number of aromatic nitrogens is 1. The zero-order chi connectivity index (χ0) is 20.8. The minimum Gasteiger partial charge on any atom is -0.367 e. The van der Waals surface area contributed by atoms with Crippen LogP contribution in [0, 0.1) is 26.6 Å². The molecule has 4 rings (SSSR count). The molecular formula is C20H22FN3O2S3. The van der Waals surface area contributed by atoms with E-state index in [4.69, 9.17) is 0 Å². The SMILES string of the molecule is Cc1nc(-c2cc(S(=O)(=O)N3CCN(c4ccccc4F)CC3)c(C)s2)sc1C. The lowest BCUT2D eigenvalue weighted by molar-refractivity contribution is 0.383. The van der Waals surface area contributed by atoms with Gasteiger partial charge in [-0.2, -0.15) is 4.31 Å². The lowest BCUT2D eigenvalue weighted by Gasteiger charge is -2.35. The molecule has 29 heavy (non-hydrogen) atoms. The fraction of sp³-hybridized carbons (Fsp3) is 0.350. The molecule has 9 heteroatoms. The lowest BCUT2D eigenvalue weighted by Crippen LogP contribution is -2.48. The molecule has 0 radical (unpaired) electrons. The molecule has 1 aromatic carbocycles. The third kappa shape index (κ3) is 3.84. The van der Waals surface area contributed by atoms with Crippen molar-refractivity contribution in [1.82, 2.24) is 9.29 Å². The third-order valence-corrected chi connectivity index (χ3v) is 9.61. The van der Waals surface area contributed by atoms with Crippen LogP contribution in [0.15, 0.2) is 35.2 Å². The number of anilines is 1. The normalized spacial score (nSPS) is 15.8. The number of hydrogen-bond acceptors (Lipinski definition) is 6. The van der Waals surface area contributed by atoms with Crippen molar-refractivity contribution < 1.29 is 12.8 Å². The number of benzene rings is 1. The summed E-state index contributed by atoms with van der Waals surface area (Å²) in [5.74, 6) is -0.281. The van der Waals surface area contributed by atoms with E-state index in [0.717, 1.165) is 25.3 Å². The van der Waals surface area contributed by atoms with Crippen LogP contribution in [-0.2, 0) is 10.0 Å². The maximum Gasteiger partial charge on any atom is 0.244 e. The summed E-state index contributed by atoms with van der Waals surface area (Å²) >= 11 is 3.05. The Bertz CT molecular complexity index is 1130. The smallest absolute Gasteiger partial charge is 0.244 e. The number of nitrogens with zero attached hydrogens (tertiary/aromatic N) is 3. The maximum atomic E-state index is 14.0. The van der Waals surface area contributed by atoms with E-state index < -0.39 is 10.0 Å². The summed E-state index contributed by atoms with van der Waals surface area (Å²) in [6.45, 7) is 7.39. The summed E-state index contributed by atoms with van der Waals surface area (Å²) < 4.78 is 42.1. The van der Waals surface area contributed by atoms with Crippen LogP contribution in [0.3, 0.4) is 0 Å². The Labute approximate surface area is 178 Å². The van der Waals surface area contributed by atoms with Gasteiger partial charge in [-0.05, 0) is 39.0 Å². The highest BCUT2D eigenvalue weighted by Gasteiger charge is 2.31. The molecule has 1 saturated heterocycles. The Morgan fingerprint density at radius 1 is 1.00 bits per heavy atom. The topological polar surface area (TPSA) is 53.5 Å². The standard InChI is InChI=1S/C20H22FN3O2S3/c1-13-14(2)28-20(22-13)18-12-19(15(3)27-18)29(25,26)24-10-8-23(9-11-24)17-7-5-4-6-16(17)21/h4-7,12H,8-11H2,1-3H3. The number of piperazine rings is 1. The van der Waals surface area contributed by atoms with E-state index in [1.165, 1.54) is 21.7 Å². The first-order chi connectivity index (χ1) is 13.8. The van der Waals surface area contributed by atoms with Gasteiger partial charge in [-0.25, -0.2) is 17.8 Å². The number of sulfonamides is 1. The highest BCUT2D eigenvalue weighted by atomic mass is 32.2. The zero-order valence-corrected chi connectivity index (χ0v) is 18.9. The van der Waals surface area contributed by atoms with Crippen molar-refractivity contribution in [1.29, 1.82) is 0 Å². The van der Waals surface area contributed by atoms with Crippen LogP contribution < -0.4 is 4.90 Å². The number of aryl methyl sites for hydroxylation is 3. The van der Waals surface area contributed by atoms with Crippen LogP contribution in [0.1, 0.15) is 15.4 Å². The largest absolute Gasteiger partial charge is 0.367 e. The zero-order valence-electron chi connectivity index (χ0n) is 16.5. The number of rotatable bonds is 4. The number of hydrogen-bond donors (Lipinski definition) is 0. The van der Waals surface area contributed by atoms with Crippen molar-refractivity contribution in [2.45, 2.75) is 25.7 Å². The fourth-order valence-corrected chi connectivity index (χ4v) is 7.36. The molecule has 0 bridgehead atoms. The van der Waals surface area contributed by atoms with E-state index in [1.54, 1.807) is 35.6 Å². The van der Waals surface area contributed by atoms with Crippen LogP contribution >= 0.6 is 22.7 Å². The molecule has 5 nitrogen and oxygen atoms in total. The van der Waals surface area contributed by atoms with Crippen LogP contribution in [0.5, 0.6) is 0 Å². The molecule has 0 amide bonds. The third-order valence-electron chi connectivity index (χ3n) is 5.16. The quantitative estimate of drug-likeness (QED) is 0.588. The van der Waals surface area contributed by atoms with Crippen molar-refractivity contribution in [3.8, 4) is 9.88 Å². The Kier molecular flexibility index (Phi) is 5.50. The Morgan fingerprint density at radius 3 is 2.31 bits per heavy atom. The van der Waals surface area contributed by atoms with Gasteiger partial charge in [0.25, 0.3) is 0 Å². The number of thiazole rings is 1. The van der Waals surface area contributed by atoms with Gasteiger partial charge in [0.15, 0.2) is 0 Å². The van der Waals surface area contributed by atoms with Gasteiger partial charge in [-0.15, -0.1) is 22.7 Å². The molecule has 0 N–H and O–H groups in total. The molecule has 0 spiro atoms. The fourth-order valence-electron chi connectivity index (χ4n) is 3.42. The Hall–Kier alpha value is -1.81. The minimum absolute atomic E-state index is 0.281. The van der Waals surface area contributed by atoms with Gasteiger partial charge in [-0.1, -0.05) is 12.1 Å². The second-order valence-electron chi connectivity index (χ2n) is 7.03. The molecule has 3 aromatic rings. The predicted octanol–water partition coefficient (Wildman–Crippen LogP) is 4.45. The monoisotopic (exact) mass is 451 g/mol. The average Bonchev–Trinajstić information content (AvgIpc) is 3.25. The number of halogens is 1. The molecule has 1 aliphatic rings. The average molecular weight is 452 g/mol. The summed E-state index contributed by atoms with van der Waals surface area (Å²) in [6, 6.07) is 8.35. The predicted molar refractivity (Wildman–Crippen MR) is 117 cm³/mol. The van der Waals surface area contributed by atoms with Gasteiger partial charge in [-0.3, -0.25) is 0 Å². The van der Waals surface area contributed by atoms with Gasteiger partial charge in [0, 0.05) is 35.9 Å². The molecule has 1 aliphatic heterocycles. The summed E-state index contributed by atoms with van der Waals surface area (Å²) in [7, 11) is -3.60. The highest BCUT2D eigenvalue weighted by molar-refractivity contribution is 7.89. The lowest BCUT2D eigenvalue weighted by atomic mass is 10.2. The van der Waals surface area contributed by atoms with E-state index in [1.807, 2.05) is 25.7 Å². The van der Waals surface area contributed by atoms with Crippen LogP contribution in [-0.4, -0.2) is 43.9 Å². The first-order valence-corrected chi connectivity index (χ1v) is 12.4. The number of thiophene rings is 1. The molecule has 3 heterocycles. The molecule has 0 saturated carbocycles. The molecule has 0 aliphatic carbocycles. The van der Waals surface area contributed by atoms with Crippen molar-refractivity contribution in [2.75, 3.05) is 31.1 Å². The van der Waals surface area contributed by atoms with Gasteiger partial charge in [0.05, 0.1) is 21.2 Å². The maximum absolute atomic E-state index is 14.0. The van der Waals surface area contributed by atoms with Crippen LogP contribution in [0.4, 0.5) is 10.1 Å². The van der Waals surface area contributed by atoms with Crippen molar-refractivity contribution in [3.63, 3.8) is 0 Å². The molecule has 0 unspecified atom stereocenters. The van der Waals surface area contributed by atoms with E-state index in [0.29, 0.717) is 36.8 Å². The molecule has 154 valence electrons. The van der Waals surface area contributed by atoms with Gasteiger partial charge in [0.1, 0.15) is 10.8 Å². The van der Waals surface area contributed by atoms with Crippen LogP contribution in [0.25, 0.3) is 9.88 Å². The molecule has 1 fully saturated rings. The second kappa shape index (κ2) is 7.79. The first-order valence-electron chi connectivity index (χ1n) is 9.32. The Balaban J connectivity index is 1.55. The molecular weight excluding hydrogens is 429 g/mol. The van der Waals surface area contributed by atoms with E-state index in [-0.39, 0.29) is 5.82 Å². The summed E-state index contributed by atoms with van der Waals surface area (Å²) in [4.78, 5) is 9.59. The number of para-hydroxylation sites is 1. The van der Waals surface area contributed by atoms with Crippen LogP contribution in [0.2, 0.25) is 0 Å². The highest BCUT2D eigenvalue weighted by Crippen LogP contribution is 2.37. The summed E-state index contributed by atoms with van der Waals surface area (Å²) in [5.41, 5.74) is 1.50. The van der Waals surface area contributed by atoms with Gasteiger partial charge >= 0.3 is 0 Å². The second-order valence-corrected chi connectivity index (χ2v) is 11.4. The van der Waals surface area contributed by atoms with Crippen molar-refractivity contribution in [2.24, 2.45) is 0 Å². The van der Waals surface area contributed by atoms with Crippen molar-refractivity contribution >= 4 is 38.4 Å². The van der Waals surface area contributed by atoms with Gasteiger partial charge < -0.3 is 4.90 Å². The van der Waals surface area contributed by atoms with E-state index in [2.05, 4.69) is 4.98 Å². The Morgan fingerprint density at radius 2 is 1.69 bits per heavy atom. The molecule has 0 atom stereocenters. The van der Waals surface area contributed by atoms with Gasteiger partial charge in [0.2, 0.25) is 10.0 Å². The summed E-state index contributed by atoms with van der Waals surface area (Å²) in [5, 5.41) is 0.860. The van der Waals surface area contributed by atoms with E-state index in [9.17, 15) is 12.8 Å². The first kappa shape index (κ1) is 20.5.